The highest BCUT2D eigenvalue weighted by molar-refractivity contribution is 6.31. The van der Waals surface area contributed by atoms with Crippen LogP contribution in [-0.4, -0.2) is 7.11 Å². The standard InChI is InChI=1S/C16H15ClFNO2/c1-20-9-5-6-14-10(7-9)13(19)8-15(21-14)16-11(17)3-2-4-12(16)18/h2-7,13,15H,8,19H2,1H3/t13-,15?/m1/s1. The zero-order chi connectivity index (χ0) is 15.0. The third kappa shape index (κ3) is 2.57. The lowest BCUT2D eigenvalue weighted by Crippen LogP contribution is -2.25. The van der Waals surface area contributed by atoms with Gasteiger partial charge < -0.3 is 15.2 Å². The summed E-state index contributed by atoms with van der Waals surface area (Å²) in [6.07, 6.45) is -0.0320. The summed E-state index contributed by atoms with van der Waals surface area (Å²) in [5.74, 6) is 0.978. The predicted molar refractivity (Wildman–Crippen MR) is 79.3 cm³/mol. The number of fused-ring (bicyclic) bond motifs is 1. The molecule has 0 saturated heterocycles. The molecule has 2 aromatic carbocycles. The Morgan fingerprint density at radius 3 is 2.86 bits per heavy atom. The quantitative estimate of drug-likeness (QED) is 0.911. The van der Waals surface area contributed by atoms with Gasteiger partial charge in [0.15, 0.2) is 0 Å². The first-order chi connectivity index (χ1) is 10.1. The molecule has 5 heteroatoms. The number of ether oxygens (including phenoxy) is 2. The third-order valence-corrected chi connectivity index (χ3v) is 4.00. The highest BCUT2D eigenvalue weighted by Gasteiger charge is 2.30. The van der Waals surface area contributed by atoms with Gasteiger partial charge in [0.05, 0.1) is 12.1 Å². The second kappa shape index (κ2) is 5.54. The van der Waals surface area contributed by atoms with E-state index in [2.05, 4.69) is 0 Å². The monoisotopic (exact) mass is 307 g/mol. The van der Waals surface area contributed by atoms with Gasteiger partial charge in [-0.25, -0.2) is 4.39 Å². The number of benzene rings is 2. The van der Waals surface area contributed by atoms with Crippen molar-refractivity contribution < 1.29 is 13.9 Å². The maximum Gasteiger partial charge on any atom is 0.131 e. The molecule has 0 aromatic heterocycles. The SMILES string of the molecule is COc1ccc2c(c1)[C@H](N)CC(c1c(F)cccc1Cl)O2. The Hall–Kier alpha value is -1.78. The zero-order valence-electron chi connectivity index (χ0n) is 11.5. The minimum atomic E-state index is -0.491. The van der Waals surface area contributed by atoms with E-state index in [1.807, 2.05) is 6.07 Å². The number of methoxy groups -OCH3 is 1. The largest absolute Gasteiger partial charge is 0.497 e. The van der Waals surface area contributed by atoms with Crippen molar-refractivity contribution in [2.24, 2.45) is 5.73 Å². The van der Waals surface area contributed by atoms with E-state index in [9.17, 15) is 4.39 Å². The van der Waals surface area contributed by atoms with Crippen LogP contribution in [0.25, 0.3) is 0 Å². The first kappa shape index (κ1) is 14.2. The number of hydrogen-bond acceptors (Lipinski definition) is 3. The summed E-state index contributed by atoms with van der Waals surface area (Å²) >= 11 is 6.10. The van der Waals surface area contributed by atoms with Crippen LogP contribution in [0.15, 0.2) is 36.4 Å². The van der Waals surface area contributed by atoms with E-state index in [1.165, 1.54) is 6.07 Å². The fourth-order valence-electron chi connectivity index (χ4n) is 2.60. The van der Waals surface area contributed by atoms with Gasteiger partial charge in [-0.1, -0.05) is 17.7 Å². The van der Waals surface area contributed by atoms with Crippen LogP contribution in [-0.2, 0) is 0 Å². The van der Waals surface area contributed by atoms with Gasteiger partial charge in [0.2, 0.25) is 0 Å². The molecule has 3 rings (SSSR count). The van der Waals surface area contributed by atoms with Crippen LogP contribution in [0.2, 0.25) is 5.02 Å². The molecule has 0 spiro atoms. The van der Waals surface area contributed by atoms with Crippen molar-refractivity contribution in [3.05, 3.63) is 58.4 Å². The van der Waals surface area contributed by atoms with Crippen molar-refractivity contribution in [3.63, 3.8) is 0 Å². The van der Waals surface area contributed by atoms with Gasteiger partial charge in [-0.15, -0.1) is 0 Å². The van der Waals surface area contributed by atoms with Crippen LogP contribution >= 0.6 is 11.6 Å². The van der Waals surface area contributed by atoms with Crippen LogP contribution in [0.5, 0.6) is 11.5 Å². The van der Waals surface area contributed by atoms with E-state index in [4.69, 9.17) is 26.8 Å². The van der Waals surface area contributed by atoms with Crippen LogP contribution in [0.4, 0.5) is 4.39 Å². The van der Waals surface area contributed by atoms with Crippen molar-refractivity contribution in [2.75, 3.05) is 7.11 Å². The first-order valence-electron chi connectivity index (χ1n) is 6.64. The predicted octanol–water partition coefficient (Wildman–Crippen LogP) is 4.01. The van der Waals surface area contributed by atoms with E-state index in [0.717, 1.165) is 11.3 Å². The number of nitrogens with two attached hydrogens (primary N) is 1. The second-order valence-corrected chi connectivity index (χ2v) is 5.39. The maximum atomic E-state index is 14.0. The summed E-state index contributed by atoms with van der Waals surface area (Å²) in [5, 5.41) is 0.351. The van der Waals surface area contributed by atoms with E-state index in [-0.39, 0.29) is 11.9 Å². The summed E-state index contributed by atoms with van der Waals surface area (Å²) in [5.41, 5.74) is 7.41. The minimum absolute atomic E-state index is 0.260. The molecule has 2 atom stereocenters. The zero-order valence-corrected chi connectivity index (χ0v) is 12.2. The summed E-state index contributed by atoms with van der Waals surface area (Å²) in [7, 11) is 1.60. The Labute approximate surface area is 127 Å². The average Bonchev–Trinajstić information content (AvgIpc) is 2.47. The average molecular weight is 308 g/mol. The Bertz CT molecular complexity index is 657. The van der Waals surface area contributed by atoms with Gasteiger partial charge in [-0.05, 0) is 30.3 Å². The molecule has 1 heterocycles. The summed E-state index contributed by atoms with van der Waals surface area (Å²) in [6.45, 7) is 0. The van der Waals surface area contributed by atoms with E-state index < -0.39 is 6.10 Å². The second-order valence-electron chi connectivity index (χ2n) is 4.99. The molecule has 1 aliphatic rings. The third-order valence-electron chi connectivity index (χ3n) is 3.68. The molecule has 110 valence electrons. The molecule has 2 N–H and O–H groups in total. The summed E-state index contributed by atoms with van der Waals surface area (Å²) in [6, 6.07) is 9.76. The summed E-state index contributed by atoms with van der Waals surface area (Å²) in [4.78, 5) is 0. The lowest BCUT2D eigenvalue weighted by molar-refractivity contribution is 0.157. The van der Waals surface area contributed by atoms with Crippen LogP contribution in [0.3, 0.4) is 0 Å². The van der Waals surface area contributed by atoms with Gasteiger partial charge in [0, 0.05) is 23.6 Å². The molecule has 2 aromatic rings. The molecular formula is C16H15ClFNO2. The highest BCUT2D eigenvalue weighted by Crippen LogP contribution is 2.43. The van der Waals surface area contributed by atoms with Gasteiger partial charge >= 0.3 is 0 Å². The van der Waals surface area contributed by atoms with Crippen LogP contribution in [0.1, 0.15) is 29.7 Å². The van der Waals surface area contributed by atoms with Crippen molar-refractivity contribution in [1.29, 1.82) is 0 Å². The minimum Gasteiger partial charge on any atom is -0.497 e. The van der Waals surface area contributed by atoms with E-state index in [0.29, 0.717) is 22.8 Å². The van der Waals surface area contributed by atoms with Crippen molar-refractivity contribution in [2.45, 2.75) is 18.6 Å². The van der Waals surface area contributed by atoms with Gasteiger partial charge in [-0.3, -0.25) is 0 Å². The van der Waals surface area contributed by atoms with Gasteiger partial charge in [0.25, 0.3) is 0 Å². The molecule has 1 unspecified atom stereocenters. The normalized spacial score (nSPS) is 20.6. The Morgan fingerprint density at radius 1 is 1.33 bits per heavy atom. The topological polar surface area (TPSA) is 44.5 Å². The molecular weight excluding hydrogens is 293 g/mol. The molecule has 21 heavy (non-hydrogen) atoms. The maximum absolute atomic E-state index is 14.0. The molecule has 0 radical (unpaired) electrons. The fourth-order valence-corrected chi connectivity index (χ4v) is 2.89. The van der Waals surface area contributed by atoms with Crippen LogP contribution < -0.4 is 15.2 Å². The molecule has 0 aliphatic carbocycles. The lowest BCUT2D eigenvalue weighted by Gasteiger charge is -2.31. The molecule has 0 fully saturated rings. The molecule has 0 saturated carbocycles. The lowest BCUT2D eigenvalue weighted by atomic mass is 9.93. The Balaban J connectivity index is 1.99. The Kier molecular flexibility index (Phi) is 3.74. The highest BCUT2D eigenvalue weighted by atomic mass is 35.5. The number of hydrogen-bond donors (Lipinski definition) is 1. The van der Waals surface area contributed by atoms with Gasteiger partial charge in [-0.2, -0.15) is 0 Å². The first-order valence-corrected chi connectivity index (χ1v) is 7.02. The molecule has 3 nitrogen and oxygen atoms in total. The van der Waals surface area contributed by atoms with E-state index >= 15 is 0 Å². The van der Waals surface area contributed by atoms with Crippen molar-refractivity contribution in [1.82, 2.24) is 0 Å². The molecule has 0 bridgehead atoms. The molecule has 1 aliphatic heterocycles. The van der Waals surface area contributed by atoms with Crippen molar-refractivity contribution >= 4 is 11.6 Å². The van der Waals surface area contributed by atoms with Gasteiger partial charge in [0.1, 0.15) is 23.4 Å². The van der Waals surface area contributed by atoms with E-state index in [1.54, 1.807) is 31.4 Å². The smallest absolute Gasteiger partial charge is 0.131 e. The van der Waals surface area contributed by atoms with Crippen molar-refractivity contribution in [3.8, 4) is 11.5 Å². The number of rotatable bonds is 2. The number of halogens is 2. The molecule has 0 amide bonds. The Morgan fingerprint density at radius 2 is 2.14 bits per heavy atom. The fraction of sp³-hybridized carbons (Fsp3) is 0.250. The van der Waals surface area contributed by atoms with Crippen LogP contribution in [0, 0.1) is 5.82 Å². The summed E-state index contributed by atoms with van der Waals surface area (Å²) < 4.78 is 25.1.